The second-order valence-corrected chi connectivity index (χ2v) is 2.88. The summed E-state index contributed by atoms with van der Waals surface area (Å²) in [6, 6.07) is 4.03. The Morgan fingerprint density at radius 1 is 1.53 bits per heavy atom. The van der Waals surface area contributed by atoms with E-state index in [0.717, 1.165) is 0 Å². The summed E-state index contributed by atoms with van der Waals surface area (Å²) < 4.78 is 23.8. The standard InChI is InChI=1S/C9H10F2N2O2/c10-8(11)4-13-7-2-1-5(12)3-6(7)9(14)15/h1-3,8,13H,4,12H2,(H,14,15). The molecule has 1 aromatic rings. The molecule has 0 aromatic heterocycles. The molecular formula is C9H10F2N2O2. The topological polar surface area (TPSA) is 75.3 Å². The lowest BCUT2D eigenvalue weighted by molar-refractivity contribution is 0.0697. The Kier molecular flexibility index (Phi) is 3.43. The molecule has 0 aliphatic carbocycles. The van der Waals surface area contributed by atoms with Crippen LogP contribution in [0.5, 0.6) is 0 Å². The molecule has 0 radical (unpaired) electrons. The molecule has 0 bridgehead atoms. The Morgan fingerprint density at radius 2 is 2.20 bits per heavy atom. The van der Waals surface area contributed by atoms with Gasteiger partial charge in [-0.05, 0) is 18.2 Å². The van der Waals surface area contributed by atoms with E-state index in [1.165, 1.54) is 18.2 Å². The predicted octanol–water partition coefficient (Wildman–Crippen LogP) is 1.64. The maximum absolute atomic E-state index is 11.9. The molecule has 0 saturated heterocycles. The molecule has 82 valence electrons. The monoisotopic (exact) mass is 216 g/mol. The van der Waals surface area contributed by atoms with Crippen LogP contribution in [0.4, 0.5) is 20.2 Å². The SMILES string of the molecule is Nc1ccc(NCC(F)F)c(C(=O)O)c1. The number of nitrogens with two attached hydrogens (primary N) is 1. The molecular weight excluding hydrogens is 206 g/mol. The summed E-state index contributed by atoms with van der Waals surface area (Å²) in [5.41, 5.74) is 5.68. The van der Waals surface area contributed by atoms with Crippen molar-refractivity contribution in [1.82, 2.24) is 0 Å². The number of alkyl halides is 2. The van der Waals surface area contributed by atoms with Crippen molar-refractivity contribution < 1.29 is 18.7 Å². The number of carbonyl (C=O) groups is 1. The number of hydrogen-bond donors (Lipinski definition) is 3. The van der Waals surface area contributed by atoms with Crippen LogP contribution in [-0.4, -0.2) is 24.0 Å². The molecule has 0 heterocycles. The van der Waals surface area contributed by atoms with Gasteiger partial charge in [-0.25, -0.2) is 13.6 Å². The van der Waals surface area contributed by atoms with E-state index in [4.69, 9.17) is 10.8 Å². The first-order valence-electron chi connectivity index (χ1n) is 4.15. The van der Waals surface area contributed by atoms with Crippen molar-refractivity contribution in [3.8, 4) is 0 Å². The zero-order valence-corrected chi connectivity index (χ0v) is 7.71. The lowest BCUT2D eigenvalue weighted by atomic mass is 10.1. The quantitative estimate of drug-likeness (QED) is 0.669. The van der Waals surface area contributed by atoms with Crippen molar-refractivity contribution in [3.63, 3.8) is 0 Å². The van der Waals surface area contributed by atoms with Gasteiger partial charge in [-0.3, -0.25) is 0 Å². The lowest BCUT2D eigenvalue weighted by Crippen LogP contribution is -2.13. The normalized spacial score (nSPS) is 10.3. The zero-order valence-electron chi connectivity index (χ0n) is 7.71. The van der Waals surface area contributed by atoms with Crippen LogP contribution >= 0.6 is 0 Å². The second-order valence-electron chi connectivity index (χ2n) is 2.88. The van der Waals surface area contributed by atoms with Gasteiger partial charge in [-0.15, -0.1) is 0 Å². The Morgan fingerprint density at radius 3 is 2.73 bits per heavy atom. The molecule has 4 N–H and O–H groups in total. The van der Waals surface area contributed by atoms with E-state index in [2.05, 4.69) is 5.32 Å². The number of carboxylic acid groups (broad SMARTS) is 1. The van der Waals surface area contributed by atoms with Gasteiger partial charge in [0.25, 0.3) is 6.43 Å². The van der Waals surface area contributed by atoms with Gasteiger partial charge in [-0.2, -0.15) is 0 Å². The van der Waals surface area contributed by atoms with Gasteiger partial charge in [0.05, 0.1) is 12.1 Å². The summed E-state index contributed by atoms with van der Waals surface area (Å²) in [4.78, 5) is 10.7. The number of hydrogen-bond acceptors (Lipinski definition) is 3. The molecule has 1 rings (SSSR count). The van der Waals surface area contributed by atoms with Gasteiger partial charge in [0, 0.05) is 11.4 Å². The van der Waals surface area contributed by atoms with E-state index >= 15 is 0 Å². The fraction of sp³-hybridized carbons (Fsp3) is 0.222. The smallest absolute Gasteiger partial charge is 0.337 e. The number of benzene rings is 1. The third kappa shape index (κ3) is 3.08. The number of rotatable bonds is 4. The predicted molar refractivity (Wildman–Crippen MR) is 52.3 cm³/mol. The molecule has 15 heavy (non-hydrogen) atoms. The molecule has 6 heteroatoms. The molecule has 0 atom stereocenters. The third-order valence-corrected chi connectivity index (χ3v) is 1.72. The van der Waals surface area contributed by atoms with Gasteiger partial charge < -0.3 is 16.2 Å². The highest BCUT2D eigenvalue weighted by Crippen LogP contribution is 2.19. The molecule has 0 aliphatic rings. The summed E-state index contributed by atoms with van der Waals surface area (Å²) >= 11 is 0. The maximum Gasteiger partial charge on any atom is 0.337 e. The van der Waals surface area contributed by atoms with Gasteiger partial charge >= 0.3 is 5.97 Å². The van der Waals surface area contributed by atoms with Crippen molar-refractivity contribution in [2.45, 2.75) is 6.43 Å². The average molecular weight is 216 g/mol. The van der Waals surface area contributed by atoms with E-state index in [0.29, 0.717) is 0 Å². The number of nitrogens with one attached hydrogen (secondary N) is 1. The van der Waals surface area contributed by atoms with Gasteiger partial charge in [0.2, 0.25) is 0 Å². The number of aromatic carboxylic acids is 1. The van der Waals surface area contributed by atoms with E-state index in [9.17, 15) is 13.6 Å². The van der Waals surface area contributed by atoms with Crippen LogP contribution in [0.2, 0.25) is 0 Å². The molecule has 0 spiro atoms. The molecule has 1 aromatic carbocycles. The largest absolute Gasteiger partial charge is 0.478 e. The first kappa shape index (κ1) is 11.2. The van der Waals surface area contributed by atoms with E-state index in [1.54, 1.807) is 0 Å². The Bertz CT molecular complexity index is 369. The molecule has 4 nitrogen and oxygen atoms in total. The van der Waals surface area contributed by atoms with Crippen LogP contribution < -0.4 is 11.1 Å². The van der Waals surface area contributed by atoms with Crippen LogP contribution in [0.1, 0.15) is 10.4 Å². The van der Waals surface area contributed by atoms with Crippen LogP contribution in [0, 0.1) is 0 Å². The maximum atomic E-state index is 11.9. The Labute approximate surface area is 84.7 Å². The molecule has 0 amide bonds. The van der Waals surface area contributed by atoms with Crippen molar-refractivity contribution >= 4 is 17.3 Å². The summed E-state index contributed by atoms with van der Waals surface area (Å²) in [5.74, 6) is -1.21. The summed E-state index contributed by atoms with van der Waals surface area (Å²) in [5, 5.41) is 11.1. The number of halogens is 2. The fourth-order valence-corrected chi connectivity index (χ4v) is 1.08. The summed E-state index contributed by atoms with van der Waals surface area (Å²) in [7, 11) is 0. The Balaban J connectivity index is 2.91. The highest BCUT2D eigenvalue weighted by molar-refractivity contribution is 5.95. The minimum Gasteiger partial charge on any atom is -0.478 e. The van der Waals surface area contributed by atoms with E-state index in [-0.39, 0.29) is 16.9 Å². The van der Waals surface area contributed by atoms with Crippen LogP contribution in [0.25, 0.3) is 0 Å². The number of carboxylic acids is 1. The highest BCUT2D eigenvalue weighted by atomic mass is 19.3. The highest BCUT2D eigenvalue weighted by Gasteiger charge is 2.11. The summed E-state index contributed by atoms with van der Waals surface area (Å²) in [6.45, 7) is -0.593. The Hall–Kier alpha value is -1.85. The fourth-order valence-electron chi connectivity index (χ4n) is 1.08. The lowest BCUT2D eigenvalue weighted by Gasteiger charge is -2.09. The van der Waals surface area contributed by atoms with Crippen molar-refractivity contribution in [2.24, 2.45) is 0 Å². The second kappa shape index (κ2) is 4.59. The van der Waals surface area contributed by atoms with Crippen molar-refractivity contribution in [2.75, 3.05) is 17.6 Å². The van der Waals surface area contributed by atoms with Gasteiger partial charge in [0.15, 0.2) is 0 Å². The molecule has 0 fully saturated rings. The van der Waals surface area contributed by atoms with E-state index < -0.39 is 18.9 Å². The van der Waals surface area contributed by atoms with Crippen molar-refractivity contribution in [3.05, 3.63) is 23.8 Å². The first-order chi connectivity index (χ1) is 7.00. The molecule has 0 unspecified atom stereocenters. The van der Waals surface area contributed by atoms with Crippen molar-refractivity contribution in [1.29, 1.82) is 0 Å². The van der Waals surface area contributed by atoms with Gasteiger partial charge in [-0.1, -0.05) is 0 Å². The minimum atomic E-state index is -2.54. The van der Waals surface area contributed by atoms with E-state index in [1.807, 2.05) is 0 Å². The van der Waals surface area contributed by atoms with Crippen LogP contribution in [0.15, 0.2) is 18.2 Å². The first-order valence-corrected chi connectivity index (χ1v) is 4.15. The number of anilines is 2. The van der Waals surface area contributed by atoms with Gasteiger partial charge in [0.1, 0.15) is 0 Å². The minimum absolute atomic E-state index is 0.115. The molecule has 0 saturated carbocycles. The summed E-state index contributed by atoms with van der Waals surface area (Å²) in [6.07, 6.45) is -2.54. The molecule has 0 aliphatic heterocycles. The zero-order chi connectivity index (χ0) is 11.4. The third-order valence-electron chi connectivity index (χ3n) is 1.72. The number of nitrogen functional groups attached to an aromatic ring is 1. The van der Waals surface area contributed by atoms with Crippen LogP contribution in [0.3, 0.4) is 0 Å². The average Bonchev–Trinajstić information content (AvgIpc) is 2.15. The van der Waals surface area contributed by atoms with Crippen LogP contribution in [-0.2, 0) is 0 Å².